The van der Waals surface area contributed by atoms with Gasteiger partial charge in [0.25, 0.3) is 11.8 Å². The van der Waals surface area contributed by atoms with Crippen molar-refractivity contribution in [3.63, 3.8) is 0 Å². The summed E-state index contributed by atoms with van der Waals surface area (Å²) in [5.74, 6) is 0.145. The fraction of sp³-hybridized carbons (Fsp3) is 0.192. The van der Waals surface area contributed by atoms with Gasteiger partial charge in [0, 0.05) is 12.1 Å². The Morgan fingerprint density at radius 2 is 1.58 bits per heavy atom. The van der Waals surface area contributed by atoms with Gasteiger partial charge in [-0.15, -0.1) is 0 Å². The van der Waals surface area contributed by atoms with Crippen LogP contribution in [0.3, 0.4) is 0 Å². The second kappa shape index (κ2) is 12.4. The summed E-state index contributed by atoms with van der Waals surface area (Å²) in [7, 11) is 0. The second-order valence-electron chi connectivity index (χ2n) is 7.32. The molecule has 0 aromatic heterocycles. The number of carbonyl (C=O) groups is 2. The largest absolute Gasteiger partial charge is 0.494 e. The van der Waals surface area contributed by atoms with Crippen LogP contribution in [0, 0.1) is 0 Å². The fourth-order valence-corrected chi connectivity index (χ4v) is 3.30. The molecule has 0 spiro atoms. The molecule has 0 saturated heterocycles. The first-order valence-corrected chi connectivity index (χ1v) is 11.2. The molecule has 0 radical (unpaired) electrons. The molecule has 2 amide bonds. The Hall–Kier alpha value is -3.71. The quantitative estimate of drug-likeness (QED) is 0.407. The van der Waals surface area contributed by atoms with Gasteiger partial charge in [0.1, 0.15) is 5.75 Å². The van der Waals surface area contributed by atoms with Crippen LogP contribution in [-0.4, -0.2) is 30.1 Å². The maximum atomic E-state index is 12.7. The summed E-state index contributed by atoms with van der Waals surface area (Å²) < 4.78 is 5.53. The predicted octanol–water partition coefficient (Wildman–Crippen LogP) is 4.57. The zero-order valence-electron chi connectivity index (χ0n) is 18.5. The van der Waals surface area contributed by atoms with Crippen LogP contribution in [0.5, 0.6) is 5.75 Å². The Bertz CT molecular complexity index is 1090. The highest BCUT2D eigenvalue weighted by Crippen LogP contribution is 2.16. The van der Waals surface area contributed by atoms with Gasteiger partial charge in [0.2, 0.25) is 0 Å². The molecule has 3 aromatic carbocycles. The Morgan fingerprint density at radius 3 is 2.30 bits per heavy atom. The van der Waals surface area contributed by atoms with Crippen molar-refractivity contribution >= 4 is 34.8 Å². The minimum atomic E-state index is -0.348. The van der Waals surface area contributed by atoms with Crippen molar-refractivity contribution in [1.29, 1.82) is 0 Å². The van der Waals surface area contributed by atoms with E-state index in [1.165, 1.54) is 0 Å². The van der Waals surface area contributed by atoms with Crippen LogP contribution in [0.25, 0.3) is 0 Å². The first-order chi connectivity index (χ1) is 16.1. The first kappa shape index (κ1) is 23.9. The van der Waals surface area contributed by atoms with Gasteiger partial charge in [-0.25, -0.2) is 0 Å². The number of amides is 2. The van der Waals surface area contributed by atoms with E-state index in [-0.39, 0.29) is 16.9 Å². The maximum Gasteiger partial charge on any atom is 0.257 e. The second-order valence-corrected chi connectivity index (χ2v) is 7.73. The van der Waals surface area contributed by atoms with Gasteiger partial charge < -0.3 is 15.4 Å². The van der Waals surface area contributed by atoms with E-state index >= 15 is 0 Å². The Labute approximate surface area is 199 Å². The average Bonchev–Trinajstić information content (AvgIpc) is 2.84. The van der Waals surface area contributed by atoms with Crippen molar-refractivity contribution in [3.05, 3.63) is 95.6 Å². The number of thiocarbonyl (C=S) groups is 1. The molecule has 0 aliphatic rings. The zero-order chi connectivity index (χ0) is 23.5. The number of carbonyl (C=O) groups excluding carboxylic acids is 2. The molecule has 170 valence electrons. The molecular weight excluding hydrogens is 434 g/mol. The minimum Gasteiger partial charge on any atom is -0.494 e. The van der Waals surface area contributed by atoms with Crippen LogP contribution in [0.2, 0.25) is 0 Å². The molecule has 3 N–H and O–H groups in total. The van der Waals surface area contributed by atoms with E-state index in [0.717, 1.165) is 18.4 Å². The molecule has 0 aliphatic carbocycles. The van der Waals surface area contributed by atoms with Crippen LogP contribution in [0.1, 0.15) is 39.6 Å². The Morgan fingerprint density at radius 1 is 0.879 bits per heavy atom. The lowest BCUT2D eigenvalue weighted by molar-refractivity contribution is 0.0953. The van der Waals surface area contributed by atoms with Crippen molar-refractivity contribution in [1.82, 2.24) is 10.6 Å². The third kappa shape index (κ3) is 7.43. The van der Waals surface area contributed by atoms with Crippen molar-refractivity contribution in [2.24, 2.45) is 0 Å². The lowest BCUT2D eigenvalue weighted by atomic mass is 10.1. The molecule has 33 heavy (non-hydrogen) atoms. The van der Waals surface area contributed by atoms with Crippen LogP contribution in [0.4, 0.5) is 5.69 Å². The molecule has 3 aromatic rings. The Kier molecular flexibility index (Phi) is 8.97. The SMILES string of the molecule is CCCOc1ccc(C(=O)NC(=S)Nc2ccccc2C(=O)NCCc2ccccc2)cc1. The first-order valence-electron chi connectivity index (χ1n) is 10.8. The molecule has 0 atom stereocenters. The number of nitrogens with one attached hydrogen (secondary N) is 3. The average molecular weight is 462 g/mol. The molecule has 7 heteroatoms. The van der Waals surface area contributed by atoms with Crippen molar-refractivity contribution < 1.29 is 14.3 Å². The summed E-state index contributed by atoms with van der Waals surface area (Å²) in [6.07, 6.45) is 1.65. The number of anilines is 1. The van der Waals surface area contributed by atoms with Crippen LogP contribution < -0.4 is 20.7 Å². The number of hydrogen-bond acceptors (Lipinski definition) is 4. The van der Waals surface area contributed by atoms with E-state index < -0.39 is 0 Å². The standard InChI is InChI=1S/C26H27N3O3S/c1-2-18-32-21-14-12-20(13-15-21)24(30)29-26(33)28-23-11-7-6-10-22(23)25(31)27-17-16-19-8-4-3-5-9-19/h3-15H,2,16-18H2,1H3,(H,27,31)(H2,28,29,30,33). The molecule has 0 heterocycles. The number of ether oxygens (including phenoxy) is 1. The molecular formula is C26H27N3O3S. The third-order valence-corrected chi connectivity index (χ3v) is 4.98. The molecule has 6 nitrogen and oxygen atoms in total. The normalized spacial score (nSPS) is 10.2. The van der Waals surface area contributed by atoms with E-state index in [1.807, 2.05) is 37.3 Å². The molecule has 0 unspecified atom stereocenters. The summed E-state index contributed by atoms with van der Waals surface area (Å²) in [6.45, 7) is 3.16. The fourth-order valence-electron chi connectivity index (χ4n) is 3.10. The summed E-state index contributed by atoms with van der Waals surface area (Å²) in [4.78, 5) is 25.2. The molecule has 0 aliphatic heterocycles. The summed E-state index contributed by atoms with van der Waals surface area (Å²) in [5.41, 5.74) is 2.57. The van der Waals surface area contributed by atoms with Crippen LogP contribution in [0.15, 0.2) is 78.9 Å². The van der Waals surface area contributed by atoms with Crippen LogP contribution >= 0.6 is 12.2 Å². The maximum absolute atomic E-state index is 12.7. The highest BCUT2D eigenvalue weighted by Gasteiger charge is 2.13. The third-order valence-electron chi connectivity index (χ3n) is 4.78. The van der Waals surface area contributed by atoms with E-state index in [2.05, 4.69) is 16.0 Å². The highest BCUT2D eigenvalue weighted by molar-refractivity contribution is 7.80. The summed E-state index contributed by atoms with van der Waals surface area (Å²) in [6, 6.07) is 23.8. The van der Waals surface area contributed by atoms with Crippen molar-refractivity contribution in [2.75, 3.05) is 18.5 Å². The molecule has 3 rings (SSSR count). The smallest absolute Gasteiger partial charge is 0.257 e. The van der Waals surface area contributed by atoms with Gasteiger partial charge in [0.15, 0.2) is 5.11 Å². The highest BCUT2D eigenvalue weighted by atomic mass is 32.1. The van der Waals surface area contributed by atoms with Crippen molar-refractivity contribution in [2.45, 2.75) is 19.8 Å². The summed E-state index contributed by atoms with van der Waals surface area (Å²) >= 11 is 5.29. The lowest BCUT2D eigenvalue weighted by Gasteiger charge is -2.14. The Balaban J connectivity index is 1.55. The van der Waals surface area contributed by atoms with Gasteiger partial charge in [-0.1, -0.05) is 49.4 Å². The molecule has 0 saturated carbocycles. The van der Waals surface area contributed by atoms with Gasteiger partial charge in [-0.3, -0.25) is 14.9 Å². The zero-order valence-corrected chi connectivity index (χ0v) is 19.3. The number of hydrogen-bond donors (Lipinski definition) is 3. The van der Waals surface area contributed by atoms with E-state index in [0.29, 0.717) is 35.7 Å². The van der Waals surface area contributed by atoms with Gasteiger partial charge >= 0.3 is 0 Å². The number of para-hydroxylation sites is 1. The van der Waals surface area contributed by atoms with E-state index in [4.69, 9.17) is 17.0 Å². The topological polar surface area (TPSA) is 79.5 Å². The summed E-state index contributed by atoms with van der Waals surface area (Å²) in [5, 5.41) is 8.63. The molecule has 0 fully saturated rings. The van der Waals surface area contributed by atoms with E-state index in [1.54, 1.807) is 48.5 Å². The van der Waals surface area contributed by atoms with Gasteiger partial charge in [-0.2, -0.15) is 0 Å². The lowest BCUT2D eigenvalue weighted by Crippen LogP contribution is -2.35. The molecule has 0 bridgehead atoms. The van der Waals surface area contributed by atoms with Gasteiger partial charge in [0.05, 0.1) is 17.9 Å². The van der Waals surface area contributed by atoms with Crippen LogP contribution in [-0.2, 0) is 6.42 Å². The van der Waals surface area contributed by atoms with Gasteiger partial charge in [-0.05, 0) is 67.0 Å². The number of benzene rings is 3. The minimum absolute atomic E-state index is 0.107. The van der Waals surface area contributed by atoms with Crippen molar-refractivity contribution in [3.8, 4) is 5.75 Å². The predicted molar refractivity (Wildman–Crippen MR) is 135 cm³/mol. The monoisotopic (exact) mass is 461 g/mol. The number of rotatable bonds is 9. The van der Waals surface area contributed by atoms with E-state index in [9.17, 15) is 9.59 Å².